The highest BCUT2D eigenvalue weighted by Gasteiger charge is 2.15. The van der Waals surface area contributed by atoms with Crippen molar-refractivity contribution in [1.82, 2.24) is 5.32 Å². The lowest BCUT2D eigenvalue weighted by atomic mass is 10.2. The van der Waals surface area contributed by atoms with Crippen LogP contribution in [0.4, 0.5) is 11.4 Å². The Morgan fingerprint density at radius 1 is 1.16 bits per heavy atom. The summed E-state index contributed by atoms with van der Waals surface area (Å²) < 4.78 is 5.27. The van der Waals surface area contributed by atoms with E-state index in [9.17, 15) is 4.79 Å². The fourth-order valence-corrected chi connectivity index (χ4v) is 2.57. The van der Waals surface area contributed by atoms with Crippen molar-refractivity contribution in [3.63, 3.8) is 0 Å². The fraction of sp³-hybridized carbons (Fsp3) is 0.579. The maximum Gasteiger partial charge on any atom is 0.306 e. The number of rotatable bonds is 8. The number of nitrogens with zero attached hydrogens (tertiary/aromatic N) is 1. The molecular formula is C19H31N3O2S. The first-order chi connectivity index (χ1) is 11.7. The van der Waals surface area contributed by atoms with Gasteiger partial charge in [-0.1, -0.05) is 0 Å². The molecular weight excluding hydrogens is 334 g/mol. The maximum atomic E-state index is 11.6. The Bertz CT molecular complexity index is 549. The second kappa shape index (κ2) is 10.2. The summed E-state index contributed by atoms with van der Waals surface area (Å²) in [6.45, 7) is 12.5. The van der Waals surface area contributed by atoms with Gasteiger partial charge >= 0.3 is 5.97 Å². The molecule has 0 atom stereocenters. The molecule has 0 saturated carbocycles. The van der Waals surface area contributed by atoms with Gasteiger partial charge < -0.3 is 20.3 Å². The maximum absolute atomic E-state index is 11.6. The summed E-state index contributed by atoms with van der Waals surface area (Å²) in [5.41, 5.74) is 1.71. The average molecular weight is 366 g/mol. The van der Waals surface area contributed by atoms with Gasteiger partial charge in [-0.25, -0.2) is 0 Å². The van der Waals surface area contributed by atoms with Gasteiger partial charge in [0, 0.05) is 37.4 Å². The smallest absolute Gasteiger partial charge is 0.306 e. The molecule has 0 radical (unpaired) electrons. The minimum Gasteiger partial charge on any atom is -0.460 e. The third kappa shape index (κ3) is 8.72. The second-order valence-electron chi connectivity index (χ2n) is 6.79. The predicted octanol–water partition coefficient (Wildman–Crippen LogP) is 3.94. The molecule has 1 aromatic carbocycles. The van der Waals surface area contributed by atoms with Crippen LogP contribution in [0.25, 0.3) is 0 Å². The van der Waals surface area contributed by atoms with Crippen LogP contribution in [0.15, 0.2) is 24.3 Å². The predicted molar refractivity (Wildman–Crippen MR) is 109 cm³/mol. The standard InChI is InChI=1S/C19H31N3O2S/c1-6-22(7-2)16-12-10-15(11-13-16)21-18(25)20-14-8-9-17(23)24-19(3,4)5/h10-13H,6-9,14H2,1-5H3,(H2,20,21,25). The lowest BCUT2D eigenvalue weighted by Crippen LogP contribution is -2.30. The highest BCUT2D eigenvalue weighted by Crippen LogP contribution is 2.17. The van der Waals surface area contributed by atoms with Crippen molar-refractivity contribution < 1.29 is 9.53 Å². The van der Waals surface area contributed by atoms with Crippen molar-refractivity contribution in [3.8, 4) is 0 Å². The zero-order valence-corrected chi connectivity index (χ0v) is 16.8. The molecule has 0 aromatic heterocycles. The number of nitrogens with one attached hydrogen (secondary N) is 2. The number of hydrogen-bond acceptors (Lipinski definition) is 4. The van der Waals surface area contributed by atoms with Crippen molar-refractivity contribution in [2.24, 2.45) is 0 Å². The zero-order valence-electron chi connectivity index (χ0n) is 16.0. The number of benzene rings is 1. The van der Waals surface area contributed by atoms with Gasteiger partial charge in [0.2, 0.25) is 0 Å². The molecule has 0 bridgehead atoms. The molecule has 0 unspecified atom stereocenters. The van der Waals surface area contributed by atoms with E-state index in [0.29, 0.717) is 24.5 Å². The highest BCUT2D eigenvalue weighted by molar-refractivity contribution is 7.80. The number of thiocarbonyl (C=S) groups is 1. The summed E-state index contributed by atoms with van der Waals surface area (Å²) in [7, 11) is 0. The van der Waals surface area contributed by atoms with Crippen LogP contribution in [0, 0.1) is 0 Å². The number of esters is 1. The van der Waals surface area contributed by atoms with E-state index in [1.165, 1.54) is 5.69 Å². The van der Waals surface area contributed by atoms with Crippen LogP contribution in [-0.2, 0) is 9.53 Å². The summed E-state index contributed by atoms with van der Waals surface area (Å²) in [5.74, 6) is -0.180. The van der Waals surface area contributed by atoms with E-state index in [2.05, 4.69) is 41.5 Å². The minimum atomic E-state index is -0.432. The quantitative estimate of drug-likeness (QED) is 0.413. The first-order valence-electron chi connectivity index (χ1n) is 8.87. The van der Waals surface area contributed by atoms with Crippen LogP contribution < -0.4 is 15.5 Å². The van der Waals surface area contributed by atoms with Crippen molar-refractivity contribution in [2.45, 2.75) is 53.1 Å². The fourth-order valence-electron chi connectivity index (χ4n) is 2.35. The monoisotopic (exact) mass is 365 g/mol. The van der Waals surface area contributed by atoms with Crippen LogP contribution in [0.5, 0.6) is 0 Å². The normalized spacial score (nSPS) is 10.9. The Kier molecular flexibility index (Phi) is 8.69. The van der Waals surface area contributed by atoms with Crippen LogP contribution >= 0.6 is 12.2 Å². The van der Waals surface area contributed by atoms with E-state index in [0.717, 1.165) is 18.8 Å². The second-order valence-corrected chi connectivity index (χ2v) is 7.20. The summed E-state index contributed by atoms with van der Waals surface area (Å²) >= 11 is 5.28. The summed E-state index contributed by atoms with van der Waals surface area (Å²) in [4.78, 5) is 13.9. The molecule has 140 valence electrons. The van der Waals surface area contributed by atoms with Gasteiger partial charge in [-0.05, 0) is 77.5 Å². The molecule has 0 heterocycles. The lowest BCUT2D eigenvalue weighted by Gasteiger charge is -2.21. The molecule has 0 aliphatic rings. The van der Waals surface area contributed by atoms with Crippen molar-refractivity contribution in [1.29, 1.82) is 0 Å². The average Bonchev–Trinajstić information content (AvgIpc) is 2.53. The first kappa shape index (κ1) is 21.2. The Labute approximate surface area is 157 Å². The molecule has 0 amide bonds. The summed E-state index contributed by atoms with van der Waals surface area (Å²) in [6.07, 6.45) is 1.06. The van der Waals surface area contributed by atoms with Crippen LogP contribution in [0.1, 0.15) is 47.5 Å². The van der Waals surface area contributed by atoms with Gasteiger partial charge in [0.15, 0.2) is 5.11 Å². The molecule has 1 rings (SSSR count). The van der Waals surface area contributed by atoms with Crippen molar-refractivity contribution >= 4 is 34.7 Å². The summed E-state index contributed by atoms with van der Waals surface area (Å²) in [5, 5.41) is 6.82. The molecule has 1 aromatic rings. The number of ether oxygens (including phenoxy) is 1. The number of hydrogen-bond donors (Lipinski definition) is 2. The Balaban J connectivity index is 2.31. The topological polar surface area (TPSA) is 53.6 Å². The number of anilines is 2. The lowest BCUT2D eigenvalue weighted by molar-refractivity contribution is -0.154. The Morgan fingerprint density at radius 2 is 1.76 bits per heavy atom. The molecule has 0 aliphatic carbocycles. The molecule has 25 heavy (non-hydrogen) atoms. The van der Waals surface area contributed by atoms with E-state index in [1.54, 1.807) is 0 Å². The van der Waals surface area contributed by atoms with E-state index in [-0.39, 0.29) is 5.97 Å². The minimum absolute atomic E-state index is 0.180. The zero-order chi connectivity index (χ0) is 18.9. The molecule has 2 N–H and O–H groups in total. The highest BCUT2D eigenvalue weighted by atomic mass is 32.1. The van der Waals surface area contributed by atoms with Gasteiger partial charge in [0.05, 0.1) is 0 Å². The molecule has 0 aliphatic heterocycles. The molecule has 5 nitrogen and oxygen atoms in total. The molecule has 0 saturated heterocycles. The number of carbonyl (C=O) groups excluding carboxylic acids is 1. The van der Waals surface area contributed by atoms with E-state index in [4.69, 9.17) is 17.0 Å². The van der Waals surface area contributed by atoms with Gasteiger partial charge in [-0.3, -0.25) is 4.79 Å². The van der Waals surface area contributed by atoms with Crippen molar-refractivity contribution in [3.05, 3.63) is 24.3 Å². The molecule has 0 spiro atoms. The summed E-state index contributed by atoms with van der Waals surface area (Å²) in [6, 6.07) is 8.20. The van der Waals surface area contributed by atoms with E-state index >= 15 is 0 Å². The Morgan fingerprint density at radius 3 is 2.28 bits per heavy atom. The van der Waals surface area contributed by atoms with Gasteiger partial charge in [0.1, 0.15) is 5.60 Å². The number of carbonyl (C=O) groups is 1. The first-order valence-corrected chi connectivity index (χ1v) is 9.27. The third-order valence-electron chi connectivity index (χ3n) is 3.52. The molecule has 0 fully saturated rings. The van der Waals surface area contributed by atoms with E-state index < -0.39 is 5.60 Å². The van der Waals surface area contributed by atoms with Crippen LogP contribution in [-0.4, -0.2) is 36.3 Å². The van der Waals surface area contributed by atoms with Crippen LogP contribution in [0.2, 0.25) is 0 Å². The molecule has 6 heteroatoms. The van der Waals surface area contributed by atoms with Gasteiger partial charge in [-0.15, -0.1) is 0 Å². The van der Waals surface area contributed by atoms with Gasteiger partial charge in [-0.2, -0.15) is 0 Å². The Hall–Kier alpha value is -1.82. The van der Waals surface area contributed by atoms with E-state index in [1.807, 2.05) is 32.9 Å². The van der Waals surface area contributed by atoms with Gasteiger partial charge in [0.25, 0.3) is 0 Å². The SMILES string of the molecule is CCN(CC)c1ccc(NC(=S)NCCCC(=O)OC(C)(C)C)cc1. The third-order valence-corrected chi connectivity index (χ3v) is 3.76. The van der Waals surface area contributed by atoms with Crippen molar-refractivity contribution in [2.75, 3.05) is 29.9 Å². The largest absolute Gasteiger partial charge is 0.460 e. The van der Waals surface area contributed by atoms with Crippen LogP contribution in [0.3, 0.4) is 0 Å².